The van der Waals surface area contributed by atoms with Gasteiger partial charge in [-0.1, -0.05) is 0 Å². The Morgan fingerprint density at radius 1 is 1.47 bits per heavy atom. The van der Waals surface area contributed by atoms with E-state index in [0.29, 0.717) is 16.7 Å². The third kappa shape index (κ3) is 3.44. The van der Waals surface area contributed by atoms with Crippen molar-refractivity contribution in [3.63, 3.8) is 0 Å². The van der Waals surface area contributed by atoms with Gasteiger partial charge in [-0.15, -0.1) is 0 Å². The summed E-state index contributed by atoms with van der Waals surface area (Å²) in [7, 11) is 1.50. The second-order valence-electron chi connectivity index (χ2n) is 3.49. The molecule has 0 amide bonds. The zero-order chi connectivity index (χ0) is 13.1. The summed E-state index contributed by atoms with van der Waals surface area (Å²) in [4.78, 5) is 26.5. The SMILES string of the molecule is COc1ccc2ncn(C=CC(=O)O)c(=O)c2c1.[NaH]. The molecule has 1 aromatic carbocycles. The first-order valence-electron chi connectivity index (χ1n) is 5.08. The molecule has 0 radical (unpaired) electrons. The Balaban J connectivity index is 0.00000180. The number of hydrogen-bond acceptors (Lipinski definition) is 4. The van der Waals surface area contributed by atoms with Crippen molar-refractivity contribution in [1.29, 1.82) is 0 Å². The zero-order valence-electron chi connectivity index (χ0n) is 9.53. The van der Waals surface area contributed by atoms with Crippen molar-refractivity contribution in [3.05, 3.63) is 41.0 Å². The summed E-state index contributed by atoms with van der Waals surface area (Å²) in [6, 6.07) is 4.93. The number of fused-ring (bicyclic) bond motifs is 1. The molecule has 0 bridgehead atoms. The van der Waals surface area contributed by atoms with Gasteiger partial charge in [0.1, 0.15) is 12.1 Å². The first-order valence-corrected chi connectivity index (χ1v) is 5.08. The summed E-state index contributed by atoms with van der Waals surface area (Å²) in [5.41, 5.74) is 0.178. The molecule has 0 aliphatic heterocycles. The Morgan fingerprint density at radius 2 is 2.21 bits per heavy atom. The second kappa shape index (κ2) is 6.51. The molecule has 0 spiro atoms. The Morgan fingerprint density at radius 3 is 2.84 bits per heavy atom. The Bertz CT molecular complexity index is 694. The van der Waals surface area contributed by atoms with Crippen molar-refractivity contribution in [1.82, 2.24) is 9.55 Å². The van der Waals surface area contributed by atoms with Gasteiger partial charge in [-0.05, 0) is 18.2 Å². The Kier molecular flexibility index (Phi) is 5.29. The molecule has 0 saturated heterocycles. The fraction of sp³-hybridized carbons (Fsp3) is 0.0833. The number of benzene rings is 1. The number of methoxy groups -OCH3 is 1. The van der Waals surface area contributed by atoms with Gasteiger partial charge in [0.05, 0.1) is 18.0 Å². The predicted octanol–water partition coefficient (Wildman–Crippen LogP) is 0.312. The van der Waals surface area contributed by atoms with E-state index in [0.717, 1.165) is 16.8 Å². The van der Waals surface area contributed by atoms with Gasteiger partial charge in [0.2, 0.25) is 0 Å². The van der Waals surface area contributed by atoms with E-state index < -0.39 is 5.97 Å². The molecule has 2 rings (SSSR count). The molecule has 19 heavy (non-hydrogen) atoms. The van der Waals surface area contributed by atoms with E-state index in [9.17, 15) is 9.59 Å². The number of carboxylic acids is 1. The zero-order valence-corrected chi connectivity index (χ0v) is 9.53. The molecule has 0 fully saturated rings. The number of aromatic nitrogens is 2. The van der Waals surface area contributed by atoms with Crippen LogP contribution in [0.4, 0.5) is 0 Å². The minimum atomic E-state index is -1.13. The third-order valence-corrected chi connectivity index (χ3v) is 2.37. The van der Waals surface area contributed by atoms with Crippen LogP contribution < -0.4 is 10.3 Å². The van der Waals surface area contributed by atoms with Gasteiger partial charge in [0.25, 0.3) is 5.56 Å². The minimum absolute atomic E-state index is 0. The topological polar surface area (TPSA) is 81.4 Å². The van der Waals surface area contributed by atoms with Crippen LogP contribution in [-0.4, -0.2) is 57.3 Å². The maximum absolute atomic E-state index is 12.0. The van der Waals surface area contributed by atoms with E-state index in [1.165, 1.54) is 13.4 Å². The molecule has 2 aromatic rings. The summed E-state index contributed by atoms with van der Waals surface area (Å²) in [5, 5.41) is 8.89. The van der Waals surface area contributed by atoms with Crippen molar-refractivity contribution in [3.8, 4) is 5.75 Å². The number of ether oxygens (including phenoxy) is 1. The normalized spacial score (nSPS) is 10.4. The molecular weight excluding hydrogens is 259 g/mol. The van der Waals surface area contributed by atoms with Crippen molar-refractivity contribution in [2.45, 2.75) is 0 Å². The van der Waals surface area contributed by atoms with Gasteiger partial charge < -0.3 is 9.84 Å². The first-order chi connectivity index (χ1) is 8.61. The number of carboxylic acid groups (broad SMARTS) is 1. The van der Waals surface area contributed by atoms with Crippen molar-refractivity contribution >= 4 is 52.6 Å². The summed E-state index contributed by atoms with van der Waals surface area (Å²) < 4.78 is 6.13. The van der Waals surface area contributed by atoms with Gasteiger partial charge in [-0.3, -0.25) is 9.36 Å². The average molecular weight is 270 g/mol. The molecule has 7 heteroatoms. The van der Waals surface area contributed by atoms with Crippen LogP contribution >= 0.6 is 0 Å². The summed E-state index contributed by atoms with van der Waals surface area (Å²) in [6.07, 6.45) is 3.29. The van der Waals surface area contributed by atoms with Gasteiger partial charge in [0, 0.05) is 12.3 Å². The molecule has 1 heterocycles. The fourth-order valence-corrected chi connectivity index (χ4v) is 1.49. The maximum atomic E-state index is 12.0. The van der Waals surface area contributed by atoms with Crippen molar-refractivity contribution in [2.75, 3.05) is 7.11 Å². The van der Waals surface area contributed by atoms with Crippen molar-refractivity contribution in [2.24, 2.45) is 0 Å². The van der Waals surface area contributed by atoms with Crippen LogP contribution in [0.2, 0.25) is 0 Å². The van der Waals surface area contributed by atoms with E-state index in [1.54, 1.807) is 18.2 Å². The molecule has 0 saturated carbocycles. The van der Waals surface area contributed by atoms with E-state index >= 15 is 0 Å². The standard InChI is InChI=1S/C12H10N2O4.Na.H/c1-18-8-2-3-10-9(6-8)12(17)14(7-13-10)5-4-11(15)16;;/h2-7H,1H3,(H,15,16);;. The molecule has 6 nitrogen and oxygen atoms in total. The monoisotopic (exact) mass is 270 g/mol. The molecule has 0 aliphatic carbocycles. The second-order valence-corrected chi connectivity index (χ2v) is 3.49. The summed E-state index contributed by atoms with van der Waals surface area (Å²) in [5.74, 6) is -0.589. The van der Waals surface area contributed by atoms with Crippen LogP contribution in [0.5, 0.6) is 5.75 Å². The fourth-order valence-electron chi connectivity index (χ4n) is 1.49. The molecule has 1 N–H and O–H groups in total. The summed E-state index contributed by atoms with van der Waals surface area (Å²) >= 11 is 0. The van der Waals surface area contributed by atoms with Gasteiger partial charge in [-0.25, -0.2) is 9.78 Å². The molecular formula is C12H11N2NaO4. The van der Waals surface area contributed by atoms with Crippen LogP contribution in [0.3, 0.4) is 0 Å². The predicted molar refractivity (Wildman–Crippen MR) is 72.7 cm³/mol. The molecule has 1 aromatic heterocycles. The number of carbonyl (C=O) groups is 1. The number of aliphatic carboxylic acids is 1. The van der Waals surface area contributed by atoms with Gasteiger partial charge in [-0.2, -0.15) is 0 Å². The molecule has 0 aliphatic rings. The molecule has 94 valence electrons. The summed E-state index contributed by atoms with van der Waals surface area (Å²) in [6.45, 7) is 0. The van der Waals surface area contributed by atoms with Crippen LogP contribution in [0, 0.1) is 0 Å². The van der Waals surface area contributed by atoms with Gasteiger partial charge >= 0.3 is 35.5 Å². The Labute approximate surface area is 130 Å². The number of rotatable bonds is 3. The van der Waals surface area contributed by atoms with E-state index in [4.69, 9.17) is 9.84 Å². The third-order valence-electron chi connectivity index (χ3n) is 2.37. The van der Waals surface area contributed by atoms with Crippen LogP contribution in [0.25, 0.3) is 17.1 Å². The van der Waals surface area contributed by atoms with E-state index in [-0.39, 0.29) is 35.1 Å². The number of hydrogen-bond donors (Lipinski definition) is 1. The van der Waals surface area contributed by atoms with Crippen LogP contribution in [0.1, 0.15) is 0 Å². The van der Waals surface area contributed by atoms with Crippen LogP contribution in [-0.2, 0) is 4.79 Å². The van der Waals surface area contributed by atoms with E-state index in [2.05, 4.69) is 4.98 Å². The quantitative estimate of drug-likeness (QED) is 0.641. The van der Waals surface area contributed by atoms with Crippen LogP contribution in [0.15, 0.2) is 35.4 Å². The first kappa shape index (κ1) is 15.4. The molecule has 0 unspecified atom stereocenters. The van der Waals surface area contributed by atoms with E-state index in [1.807, 2.05) is 0 Å². The number of nitrogens with zero attached hydrogens (tertiary/aromatic N) is 2. The average Bonchev–Trinajstić information content (AvgIpc) is 2.37. The van der Waals surface area contributed by atoms with Crippen molar-refractivity contribution < 1.29 is 14.6 Å². The Hall–Kier alpha value is -1.63. The van der Waals surface area contributed by atoms with Gasteiger partial charge in [0.15, 0.2) is 0 Å². The molecule has 0 atom stereocenters.